The average molecular weight is 1220 g/mol. The molecule has 0 atom stereocenters. The zero-order valence-corrected chi connectivity index (χ0v) is 54.2. The Bertz CT molecular complexity index is 5420. The zero-order valence-electron chi connectivity index (χ0n) is 54.2. The van der Waals surface area contributed by atoms with Crippen LogP contribution in [0.2, 0.25) is 0 Å². The highest BCUT2D eigenvalue weighted by atomic mass is 14.4. The van der Waals surface area contributed by atoms with E-state index in [2.05, 4.69) is 331 Å². The first-order chi connectivity index (χ1) is 47.3. The summed E-state index contributed by atoms with van der Waals surface area (Å²) in [6.45, 7) is 9.51. The minimum absolute atomic E-state index is 0.00317. The zero-order chi connectivity index (χ0) is 63.6. The van der Waals surface area contributed by atoms with E-state index in [1.54, 1.807) is 0 Å². The van der Waals surface area contributed by atoms with Gasteiger partial charge in [-0.3, -0.25) is 0 Å². The predicted octanol–water partition coefficient (Wildman–Crippen LogP) is 21.1. The van der Waals surface area contributed by atoms with Gasteiger partial charge < -0.3 is 0 Å². The highest BCUT2D eigenvalue weighted by Crippen LogP contribution is 2.56. The molecule has 16 aromatic rings. The molecule has 0 bridgehead atoms. The molecule has 0 radical (unpaired) electrons. The molecule has 0 N–H and O–H groups in total. The summed E-state index contributed by atoms with van der Waals surface area (Å²) in [6.07, 6.45) is 0. The van der Waals surface area contributed by atoms with Crippen LogP contribution >= 0.6 is 0 Å². The number of hydrogen-bond acceptors (Lipinski definition) is 0. The lowest BCUT2D eigenvalue weighted by atomic mass is 9.34. The molecule has 4 heterocycles. The van der Waals surface area contributed by atoms with Crippen LogP contribution in [0.25, 0.3) is 166 Å². The van der Waals surface area contributed by atoms with Crippen molar-refractivity contribution >= 4 is 78.5 Å². The molecule has 20 rings (SSSR count). The van der Waals surface area contributed by atoms with Crippen LogP contribution in [0.1, 0.15) is 50.7 Å². The molecule has 2 heteroatoms. The summed E-state index contributed by atoms with van der Waals surface area (Å²) in [5.74, 6) is 0.620. The Hall–Kier alpha value is -11.3. The fourth-order valence-electron chi connectivity index (χ4n) is 17.9. The molecule has 0 saturated carbocycles. The second-order valence-corrected chi connectivity index (χ2v) is 28.0. The van der Waals surface area contributed by atoms with E-state index in [4.69, 9.17) is 0 Å². The van der Waals surface area contributed by atoms with E-state index >= 15 is 0 Å². The van der Waals surface area contributed by atoms with Crippen LogP contribution in [0.5, 0.6) is 0 Å². The summed E-state index contributed by atoms with van der Waals surface area (Å²) in [7, 11) is 0. The first-order valence-electron chi connectivity index (χ1n) is 34.4. The Labute approximate surface area is 562 Å². The molecule has 0 fully saturated rings. The second kappa shape index (κ2) is 21.1. The topological polar surface area (TPSA) is 0 Å². The van der Waals surface area contributed by atoms with Crippen molar-refractivity contribution in [2.24, 2.45) is 0 Å². The normalized spacial score (nSPS) is 12.7. The van der Waals surface area contributed by atoms with Gasteiger partial charge in [0.05, 0.1) is 0 Å². The van der Waals surface area contributed by atoms with Crippen molar-refractivity contribution in [2.75, 3.05) is 0 Å². The number of hydrogen-bond donors (Lipinski definition) is 0. The molecule has 0 amide bonds. The summed E-state index contributed by atoms with van der Waals surface area (Å²) in [5.41, 5.74) is 41.3. The molecule has 0 nitrogen and oxygen atoms in total. The molecular formula is C94H64B2. The van der Waals surface area contributed by atoms with Crippen molar-refractivity contribution in [2.45, 2.75) is 39.5 Å². The molecule has 96 heavy (non-hydrogen) atoms. The van der Waals surface area contributed by atoms with Gasteiger partial charge in [0.25, 0.3) is 0 Å². The van der Waals surface area contributed by atoms with Gasteiger partial charge in [-0.2, -0.15) is 0 Å². The highest BCUT2D eigenvalue weighted by molar-refractivity contribution is 7.03. The molecular weight excluding hydrogens is 1150 g/mol. The third kappa shape index (κ3) is 8.00. The van der Waals surface area contributed by atoms with Gasteiger partial charge in [-0.05, 0) is 225 Å². The fraction of sp³-hybridized carbons (Fsp3) is 0.0638. The van der Waals surface area contributed by atoms with Crippen LogP contribution in [-0.4, -0.2) is 13.4 Å². The van der Waals surface area contributed by atoms with E-state index < -0.39 is 0 Å². The van der Waals surface area contributed by atoms with Gasteiger partial charge in [-0.25, -0.2) is 0 Å². The Morgan fingerprint density at radius 1 is 0.198 bits per heavy atom. The first-order valence-corrected chi connectivity index (χ1v) is 34.4. The third-order valence-electron chi connectivity index (χ3n) is 22.2. The molecule has 0 spiro atoms. The predicted molar refractivity (Wildman–Crippen MR) is 413 cm³/mol. The van der Waals surface area contributed by atoms with Crippen LogP contribution in [0.4, 0.5) is 0 Å². The third-order valence-corrected chi connectivity index (χ3v) is 22.2. The number of benzene rings is 16. The fourth-order valence-corrected chi connectivity index (χ4v) is 17.9. The molecule has 4 aliphatic heterocycles. The van der Waals surface area contributed by atoms with Crippen molar-refractivity contribution in [3.63, 3.8) is 0 Å². The Kier molecular flexibility index (Phi) is 12.1. The number of fused-ring (bicyclic) bond motifs is 10. The lowest BCUT2D eigenvalue weighted by Gasteiger charge is -2.34. The Balaban J connectivity index is 1.05. The quantitative estimate of drug-likeness (QED) is 0.0946. The maximum atomic E-state index is 2.74. The highest BCUT2D eigenvalue weighted by Gasteiger charge is 2.46. The summed E-state index contributed by atoms with van der Waals surface area (Å²) in [6, 6.07) is 117. The molecule has 16 aromatic carbocycles. The minimum atomic E-state index is 0.00317. The van der Waals surface area contributed by atoms with Crippen LogP contribution in [0, 0.1) is 0 Å². The van der Waals surface area contributed by atoms with Crippen LogP contribution in [-0.2, 0) is 0 Å². The van der Waals surface area contributed by atoms with Gasteiger partial charge in [0.2, 0.25) is 13.4 Å². The molecule has 4 aliphatic rings. The standard InChI is InChI=1S/C94H64B2/c1-55(2)63-43-79-67-39-23-25-41-83(67)95-85-53-78-74(88-71(61-35-19-9-20-36-61)49-66(58-29-13-6-14-30-58)50-72(88)62-37-21-10-22-38-62)52-76-82-46-64(56(3)4)44-80-68-40-24-26-42-84(68)96(94(80)82)86-54-77-73(51-75(81(45-63)93(79)95)89(85)91(77)92(78)90(76)86)87-69(59-31-15-7-16-32-59)47-65(57-27-11-5-12-28-57)48-70(87)60-33-17-8-18-34-60/h5-56H,1-4H3. The first kappa shape index (κ1) is 55.2. The maximum Gasteiger partial charge on any atom is 0.244 e. The Morgan fingerprint density at radius 2 is 0.479 bits per heavy atom. The molecule has 446 valence electrons. The van der Waals surface area contributed by atoms with Crippen molar-refractivity contribution in [1.82, 2.24) is 0 Å². The lowest BCUT2D eigenvalue weighted by Crippen LogP contribution is -2.53. The molecule has 0 saturated heterocycles. The van der Waals surface area contributed by atoms with Gasteiger partial charge in [-0.15, -0.1) is 0 Å². The SMILES string of the molecule is CC(C)c1cc2c3c(c1)-c1cc(-c4c(-c5ccccc5)cc(-c5ccccc5)cc4-c4ccccc4)c4cc5c6c(cc(-c7c(-c8ccccc8)cc(-c8ccccc8)cc7-c7ccccc7)c7cc(c1c4c76)B3c1ccccc1-2)-c1cc(C(C)C)cc2c1B5c1ccccc1-2. The van der Waals surface area contributed by atoms with Gasteiger partial charge in [-0.1, -0.05) is 327 Å². The van der Waals surface area contributed by atoms with E-state index in [0.29, 0.717) is 11.8 Å². The summed E-state index contributed by atoms with van der Waals surface area (Å²) in [4.78, 5) is 0. The molecule has 0 aromatic heterocycles. The molecule has 0 unspecified atom stereocenters. The van der Waals surface area contributed by atoms with Crippen LogP contribution in [0.3, 0.4) is 0 Å². The van der Waals surface area contributed by atoms with E-state index in [-0.39, 0.29) is 13.4 Å². The van der Waals surface area contributed by atoms with E-state index in [1.165, 1.54) is 210 Å². The van der Waals surface area contributed by atoms with Crippen LogP contribution < -0.4 is 32.8 Å². The smallest absolute Gasteiger partial charge is 0.0664 e. The van der Waals surface area contributed by atoms with Crippen molar-refractivity contribution < 1.29 is 0 Å². The molecule has 0 aliphatic carbocycles. The van der Waals surface area contributed by atoms with Gasteiger partial charge in [0.1, 0.15) is 0 Å². The Morgan fingerprint density at radius 3 is 0.792 bits per heavy atom. The largest absolute Gasteiger partial charge is 0.244 e. The number of rotatable bonds is 10. The van der Waals surface area contributed by atoms with Crippen molar-refractivity contribution in [3.8, 4) is 134 Å². The van der Waals surface area contributed by atoms with E-state index in [1.807, 2.05) is 0 Å². The average Bonchev–Trinajstić information content (AvgIpc) is 1.31. The lowest BCUT2D eigenvalue weighted by molar-refractivity contribution is 0.868. The maximum absolute atomic E-state index is 2.74. The van der Waals surface area contributed by atoms with Crippen LogP contribution in [0.15, 0.2) is 303 Å². The summed E-state index contributed by atoms with van der Waals surface area (Å²) < 4.78 is 0. The monoisotopic (exact) mass is 1210 g/mol. The second-order valence-electron chi connectivity index (χ2n) is 28.0. The van der Waals surface area contributed by atoms with E-state index in [9.17, 15) is 0 Å². The van der Waals surface area contributed by atoms with Crippen molar-refractivity contribution in [3.05, 3.63) is 314 Å². The summed E-state index contributed by atoms with van der Waals surface area (Å²) in [5, 5.41) is 8.05. The van der Waals surface area contributed by atoms with Gasteiger partial charge in [0, 0.05) is 0 Å². The minimum Gasteiger partial charge on any atom is -0.0664 e. The van der Waals surface area contributed by atoms with Crippen molar-refractivity contribution in [1.29, 1.82) is 0 Å². The van der Waals surface area contributed by atoms with Gasteiger partial charge in [0.15, 0.2) is 0 Å². The van der Waals surface area contributed by atoms with E-state index in [0.717, 1.165) is 0 Å². The summed E-state index contributed by atoms with van der Waals surface area (Å²) >= 11 is 0. The van der Waals surface area contributed by atoms with Gasteiger partial charge >= 0.3 is 0 Å².